The van der Waals surface area contributed by atoms with Crippen LogP contribution < -0.4 is 5.32 Å². The third-order valence-electron chi connectivity index (χ3n) is 5.33. The molecule has 0 saturated heterocycles. The molecule has 0 amide bonds. The summed E-state index contributed by atoms with van der Waals surface area (Å²) in [6, 6.07) is 10.8. The molecule has 1 aliphatic rings. The van der Waals surface area contributed by atoms with E-state index < -0.39 is 0 Å². The molecule has 0 saturated carbocycles. The lowest BCUT2D eigenvalue weighted by molar-refractivity contribution is -0.535. The number of hydrogen-bond acceptors (Lipinski definition) is 1. The van der Waals surface area contributed by atoms with Gasteiger partial charge in [-0.15, -0.1) is 0 Å². The SMILES string of the molecule is CCCCCCCCCCCCCC1=[N+](Cc2ccccc2)CCN1. The molecule has 1 aromatic carbocycles. The summed E-state index contributed by atoms with van der Waals surface area (Å²) in [4.78, 5) is 0. The monoisotopic (exact) mass is 343 g/mol. The minimum Gasteiger partial charge on any atom is -0.274 e. The van der Waals surface area contributed by atoms with Crippen LogP contribution in [-0.2, 0) is 6.54 Å². The highest BCUT2D eigenvalue weighted by Crippen LogP contribution is 2.12. The number of nitrogens with one attached hydrogen (secondary N) is 1. The lowest BCUT2D eigenvalue weighted by Gasteiger charge is -2.05. The second-order valence-electron chi connectivity index (χ2n) is 7.57. The lowest BCUT2D eigenvalue weighted by atomic mass is 10.1. The summed E-state index contributed by atoms with van der Waals surface area (Å²) in [7, 11) is 0. The Bertz CT molecular complexity index is 478. The Morgan fingerprint density at radius 1 is 0.800 bits per heavy atom. The van der Waals surface area contributed by atoms with Crippen LogP contribution in [0.5, 0.6) is 0 Å². The summed E-state index contributed by atoms with van der Waals surface area (Å²) in [5.74, 6) is 1.47. The molecule has 2 rings (SSSR count). The summed E-state index contributed by atoms with van der Waals surface area (Å²) < 4.78 is 2.53. The number of rotatable bonds is 14. The zero-order valence-electron chi connectivity index (χ0n) is 16.4. The predicted molar refractivity (Wildman–Crippen MR) is 109 cm³/mol. The Hall–Kier alpha value is -1.31. The molecule has 2 heteroatoms. The van der Waals surface area contributed by atoms with Crippen molar-refractivity contribution in [1.29, 1.82) is 0 Å². The van der Waals surface area contributed by atoms with Gasteiger partial charge in [-0.3, -0.25) is 9.89 Å². The van der Waals surface area contributed by atoms with Crippen LogP contribution in [0.1, 0.15) is 89.5 Å². The quantitative estimate of drug-likeness (QED) is 0.328. The first-order valence-corrected chi connectivity index (χ1v) is 10.8. The van der Waals surface area contributed by atoms with Gasteiger partial charge in [-0.1, -0.05) is 101 Å². The third-order valence-corrected chi connectivity index (χ3v) is 5.33. The van der Waals surface area contributed by atoms with Crippen molar-refractivity contribution in [2.75, 3.05) is 13.1 Å². The highest BCUT2D eigenvalue weighted by atomic mass is 15.2. The fraction of sp³-hybridized carbons (Fsp3) is 0.696. The van der Waals surface area contributed by atoms with Crippen molar-refractivity contribution in [2.45, 2.75) is 90.5 Å². The molecule has 25 heavy (non-hydrogen) atoms. The minimum atomic E-state index is 1.06. The van der Waals surface area contributed by atoms with E-state index in [2.05, 4.69) is 47.1 Å². The van der Waals surface area contributed by atoms with E-state index in [-0.39, 0.29) is 0 Å². The molecule has 1 heterocycles. The van der Waals surface area contributed by atoms with Gasteiger partial charge in [0.05, 0.1) is 0 Å². The van der Waals surface area contributed by atoms with Gasteiger partial charge in [0.15, 0.2) is 0 Å². The fourth-order valence-corrected chi connectivity index (χ4v) is 3.76. The van der Waals surface area contributed by atoms with Gasteiger partial charge in [-0.25, -0.2) is 0 Å². The summed E-state index contributed by atoms with van der Waals surface area (Å²) >= 11 is 0. The zero-order chi connectivity index (χ0) is 17.6. The van der Waals surface area contributed by atoms with Gasteiger partial charge >= 0.3 is 0 Å². The van der Waals surface area contributed by atoms with Crippen LogP contribution in [-0.4, -0.2) is 23.5 Å². The molecule has 0 bridgehead atoms. The van der Waals surface area contributed by atoms with Crippen molar-refractivity contribution in [3.8, 4) is 0 Å². The van der Waals surface area contributed by atoms with Crippen molar-refractivity contribution < 1.29 is 4.58 Å². The maximum atomic E-state index is 3.61. The van der Waals surface area contributed by atoms with Crippen molar-refractivity contribution in [3.05, 3.63) is 35.9 Å². The van der Waals surface area contributed by atoms with Gasteiger partial charge in [0.2, 0.25) is 5.84 Å². The largest absolute Gasteiger partial charge is 0.274 e. The molecule has 140 valence electrons. The van der Waals surface area contributed by atoms with Gasteiger partial charge in [0.1, 0.15) is 19.6 Å². The molecule has 0 fully saturated rings. The molecular formula is C23H39N2+. The van der Waals surface area contributed by atoms with E-state index >= 15 is 0 Å². The van der Waals surface area contributed by atoms with Crippen LogP contribution in [0.25, 0.3) is 0 Å². The zero-order valence-corrected chi connectivity index (χ0v) is 16.4. The molecule has 0 atom stereocenters. The summed E-state index contributed by atoms with van der Waals surface area (Å²) in [6.45, 7) is 5.62. The van der Waals surface area contributed by atoms with E-state index in [1.807, 2.05) is 0 Å². The van der Waals surface area contributed by atoms with Gasteiger partial charge in [-0.2, -0.15) is 0 Å². The molecule has 2 nitrogen and oxygen atoms in total. The molecule has 0 aromatic heterocycles. The predicted octanol–water partition coefficient (Wildman–Crippen LogP) is 5.90. The van der Waals surface area contributed by atoms with Crippen LogP contribution in [0.15, 0.2) is 30.3 Å². The molecule has 0 spiro atoms. The number of unbranched alkanes of at least 4 members (excludes halogenated alkanes) is 10. The van der Waals surface area contributed by atoms with Crippen molar-refractivity contribution in [1.82, 2.24) is 5.32 Å². The van der Waals surface area contributed by atoms with E-state index in [4.69, 9.17) is 0 Å². The fourth-order valence-electron chi connectivity index (χ4n) is 3.76. The second kappa shape index (κ2) is 13.0. The maximum Gasteiger partial charge on any atom is 0.245 e. The van der Waals surface area contributed by atoms with Crippen LogP contribution in [0.2, 0.25) is 0 Å². The lowest BCUT2D eigenvalue weighted by Crippen LogP contribution is -2.22. The van der Waals surface area contributed by atoms with E-state index in [1.165, 1.54) is 88.4 Å². The Balaban J connectivity index is 1.51. The average Bonchev–Trinajstić information content (AvgIpc) is 3.07. The number of benzene rings is 1. The van der Waals surface area contributed by atoms with Gasteiger partial charge in [-0.05, 0) is 12.0 Å². The van der Waals surface area contributed by atoms with Crippen LogP contribution >= 0.6 is 0 Å². The normalized spacial score (nSPS) is 14.1. The standard InChI is InChI=1S/C23H38N2/c1-2-3-4-5-6-7-8-9-10-11-15-18-23-24-19-20-25(23)21-22-16-13-12-14-17-22/h12-14,16-17H,2-11,15,18-21H2,1H3/p+1. The average molecular weight is 344 g/mol. The van der Waals surface area contributed by atoms with Gasteiger partial charge in [0, 0.05) is 6.42 Å². The van der Waals surface area contributed by atoms with Crippen LogP contribution in [0, 0.1) is 0 Å². The molecule has 0 aliphatic carbocycles. The van der Waals surface area contributed by atoms with Crippen molar-refractivity contribution in [2.24, 2.45) is 0 Å². The number of nitrogens with zero attached hydrogens (tertiary/aromatic N) is 1. The summed E-state index contributed by atoms with van der Waals surface area (Å²) in [6.07, 6.45) is 16.8. The third kappa shape index (κ3) is 8.56. The molecule has 0 unspecified atom stereocenters. The maximum absolute atomic E-state index is 3.61. The molecule has 1 aliphatic heterocycles. The van der Waals surface area contributed by atoms with Crippen LogP contribution in [0.3, 0.4) is 0 Å². The molecule has 1 N–H and O–H groups in total. The Labute approximate surface area is 155 Å². The molecule has 0 radical (unpaired) electrons. The van der Waals surface area contributed by atoms with E-state index in [1.54, 1.807) is 0 Å². The van der Waals surface area contributed by atoms with E-state index in [9.17, 15) is 0 Å². The molecule has 1 aromatic rings. The highest BCUT2D eigenvalue weighted by Gasteiger charge is 2.19. The Kier molecular flexibility index (Phi) is 10.4. The summed E-state index contributed by atoms with van der Waals surface area (Å²) in [5.41, 5.74) is 1.42. The Morgan fingerprint density at radius 3 is 2.04 bits per heavy atom. The first-order chi connectivity index (χ1) is 12.4. The van der Waals surface area contributed by atoms with Crippen LogP contribution in [0.4, 0.5) is 0 Å². The van der Waals surface area contributed by atoms with E-state index in [0.29, 0.717) is 0 Å². The molecular weight excluding hydrogens is 304 g/mol. The second-order valence-corrected chi connectivity index (χ2v) is 7.57. The van der Waals surface area contributed by atoms with Crippen molar-refractivity contribution >= 4 is 5.84 Å². The number of hydrogen-bond donors (Lipinski definition) is 1. The topological polar surface area (TPSA) is 15.0 Å². The first kappa shape index (κ1) is 20.0. The summed E-state index contributed by atoms with van der Waals surface area (Å²) in [5, 5.41) is 3.61. The van der Waals surface area contributed by atoms with E-state index in [0.717, 1.165) is 19.6 Å². The first-order valence-electron chi connectivity index (χ1n) is 10.8. The smallest absolute Gasteiger partial charge is 0.245 e. The van der Waals surface area contributed by atoms with Crippen molar-refractivity contribution in [3.63, 3.8) is 0 Å². The highest BCUT2D eigenvalue weighted by molar-refractivity contribution is 5.78. The van der Waals surface area contributed by atoms with Gasteiger partial charge < -0.3 is 0 Å². The minimum absolute atomic E-state index is 1.06. The van der Waals surface area contributed by atoms with Gasteiger partial charge in [0.25, 0.3) is 0 Å². The number of amidine groups is 1. The Morgan fingerprint density at radius 2 is 1.40 bits per heavy atom.